The highest BCUT2D eigenvalue weighted by atomic mass is 32.2. The van der Waals surface area contributed by atoms with Crippen LogP contribution in [0.4, 0.5) is 10.7 Å². The summed E-state index contributed by atoms with van der Waals surface area (Å²) in [6, 6.07) is 17.0. The molecule has 146 valence electrons. The van der Waals surface area contributed by atoms with Crippen molar-refractivity contribution in [2.24, 2.45) is 0 Å². The maximum atomic E-state index is 13.2. The summed E-state index contributed by atoms with van der Waals surface area (Å²) in [4.78, 5) is 12.6. The summed E-state index contributed by atoms with van der Waals surface area (Å²) >= 11 is 1.26. The zero-order chi connectivity index (χ0) is 20.4. The molecule has 3 aromatic rings. The Bertz CT molecular complexity index is 1210. The number of aryl methyl sites for hydroxylation is 1. The van der Waals surface area contributed by atoms with Gasteiger partial charge >= 0.3 is 0 Å². The normalized spacial score (nSPS) is 13.4. The molecule has 1 aromatic heterocycles. The van der Waals surface area contributed by atoms with Crippen LogP contribution in [0.15, 0.2) is 64.9 Å². The molecule has 1 N–H and O–H groups in total. The predicted molar refractivity (Wildman–Crippen MR) is 113 cm³/mol. The molecule has 0 atom stereocenters. The number of anilines is 2. The average Bonchev–Trinajstić information content (AvgIpc) is 3.20. The van der Waals surface area contributed by atoms with Crippen molar-refractivity contribution < 1.29 is 13.2 Å². The third-order valence-corrected chi connectivity index (χ3v) is 7.44. The van der Waals surface area contributed by atoms with Crippen molar-refractivity contribution in [3.8, 4) is 6.07 Å². The number of rotatable bonds is 4. The number of benzene rings is 2. The maximum Gasteiger partial charge on any atom is 0.264 e. The molecule has 0 radical (unpaired) electrons. The minimum absolute atomic E-state index is 0.139. The summed E-state index contributed by atoms with van der Waals surface area (Å²) in [5, 5.41) is 13.9. The van der Waals surface area contributed by atoms with Gasteiger partial charge in [-0.15, -0.1) is 11.3 Å². The summed E-state index contributed by atoms with van der Waals surface area (Å²) in [6.07, 6.45) is 1.62. The smallest absolute Gasteiger partial charge is 0.264 e. The lowest BCUT2D eigenvalue weighted by atomic mass is 10.0. The Kier molecular flexibility index (Phi) is 5.09. The summed E-state index contributed by atoms with van der Waals surface area (Å²) in [6.45, 7) is 0.427. The fourth-order valence-electron chi connectivity index (χ4n) is 3.32. The second-order valence-electron chi connectivity index (χ2n) is 6.56. The van der Waals surface area contributed by atoms with Crippen molar-refractivity contribution in [2.45, 2.75) is 17.7 Å². The Morgan fingerprint density at radius 3 is 2.62 bits per heavy atom. The van der Waals surface area contributed by atoms with E-state index in [0.29, 0.717) is 28.4 Å². The van der Waals surface area contributed by atoms with Gasteiger partial charge in [0.1, 0.15) is 11.1 Å². The molecule has 6 nitrogen and oxygen atoms in total. The fraction of sp³-hybridized carbons (Fsp3) is 0.143. The van der Waals surface area contributed by atoms with E-state index in [1.165, 1.54) is 39.9 Å². The Morgan fingerprint density at radius 2 is 1.86 bits per heavy atom. The van der Waals surface area contributed by atoms with E-state index in [-0.39, 0.29) is 4.90 Å². The molecule has 0 spiro atoms. The van der Waals surface area contributed by atoms with Gasteiger partial charge in [-0.1, -0.05) is 18.2 Å². The van der Waals surface area contributed by atoms with Gasteiger partial charge in [0.2, 0.25) is 0 Å². The van der Waals surface area contributed by atoms with E-state index in [0.717, 1.165) is 18.4 Å². The van der Waals surface area contributed by atoms with E-state index in [4.69, 9.17) is 5.26 Å². The van der Waals surface area contributed by atoms with Crippen LogP contribution in [-0.2, 0) is 16.4 Å². The van der Waals surface area contributed by atoms with Crippen LogP contribution in [0.5, 0.6) is 0 Å². The van der Waals surface area contributed by atoms with Crippen LogP contribution >= 0.6 is 11.3 Å². The number of carbonyl (C=O) groups excluding carboxylic acids is 1. The van der Waals surface area contributed by atoms with Crippen LogP contribution in [0, 0.1) is 11.3 Å². The highest BCUT2D eigenvalue weighted by Gasteiger charge is 2.29. The molecule has 4 rings (SSSR count). The first-order valence-corrected chi connectivity index (χ1v) is 11.3. The lowest BCUT2D eigenvalue weighted by Gasteiger charge is -2.30. The lowest BCUT2D eigenvalue weighted by molar-refractivity contribution is 0.102. The van der Waals surface area contributed by atoms with Gasteiger partial charge in [0, 0.05) is 12.1 Å². The number of hydrogen-bond donors (Lipinski definition) is 1. The number of sulfonamides is 1. The number of hydrogen-bond acceptors (Lipinski definition) is 5. The third kappa shape index (κ3) is 3.62. The van der Waals surface area contributed by atoms with Crippen molar-refractivity contribution in [2.75, 3.05) is 16.2 Å². The van der Waals surface area contributed by atoms with E-state index < -0.39 is 15.9 Å². The topological polar surface area (TPSA) is 90.3 Å². The molecular formula is C21H17N3O3S2. The molecule has 0 unspecified atom stereocenters. The molecule has 2 heterocycles. The molecular weight excluding hydrogens is 406 g/mol. The van der Waals surface area contributed by atoms with Gasteiger partial charge in [-0.2, -0.15) is 5.26 Å². The summed E-state index contributed by atoms with van der Waals surface area (Å²) in [7, 11) is -3.72. The molecule has 1 amide bonds. The van der Waals surface area contributed by atoms with E-state index >= 15 is 0 Å². The van der Waals surface area contributed by atoms with E-state index in [1.807, 2.05) is 30.3 Å². The highest BCUT2D eigenvalue weighted by molar-refractivity contribution is 7.92. The number of amides is 1. The second-order valence-corrected chi connectivity index (χ2v) is 9.34. The molecule has 1 aliphatic rings. The SMILES string of the molecule is N#Cc1ccsc1NC(=O)c1ccc(S(=O)(=O)N2CCCc3ccccc32)cc1. The van der Waals surface area contributed by atoms with Gasteiger partial charge in [-0.3, -0.25) is 9.10 Å². The predicted octanol–water partition coefficient (Wildman–Crippen LogP) is 4.01. The van der Waals surface area contributed by atoms with Crippen molar-refractivity contribution >= 4 is 38.0 Å². The first-order chi connectivity index (χ1) is 14.0. The van der Waals surface area contributed by atoms with E-state index in [9.17, 15) is 13.2 Å². The first kappa shape index (κ1) is 19.2. The number of fused-ring (bicyclic) bond motifs is 1. The molecule has 0 saturated carbocycles. The van der Waals surface area contributed by atoms with Crippen LogP contribution in [0.2, 0.25) is 0 Å². The third-order valence-electron chi connectivity index (χ3n) is 4.78. The molecule has 0 saturated heterocycles. The van der Waals surface area contributed by atoms with Gasteiger partial charge in [0.15, 0.2) is 0 Å². The number of carbonyl (C=O) groups is 1. The minimum atomic E-state index is -3.72. The molecule has 0 bridgehead atoms. The van der Waals surface area contributed by atoms with Gasteiger partial charge in [0.05, 0.1) is 16.1 Å². The second kappa shape index (κ2) is 7.70. The van der Waals surface area contributed by atoms with Crippen LogP contribution in [-0.4, -0.2) is 20.9 Å². The van der Waals surface area contributed by atoms with Crippen molar-refractivity contribution in [3.63, 3.8) is 0 Å². The zero-order valence-electron chi connectivity index (χ0n) is 15.3. The summed E-state index contributed by atoms with van der Waals surface area (Å²) in [5.74, 6) is -0.392. The Labute approximate surface area is 173 Å². The zero-order valence-corrected chi connectivity index (χ0v) is 17.0. The first-order valence-electron chi connectivity index (χ1n) is 9.00. The largest absolute Gasteiger partial charge is 0.312 e. The van der Waals surface area contributed by atoms with Gasteiger partial charge in [-0.05, 0) is 60.2 Å². The molecule has 29 heavy (non-hydrogen) atoms. The monoisotopic (exact) mass is 423 g/mol. The molecule has 1 aliphatic heterocycles. The van der Waals surface area contributed by atoms with E-state index in [2.05, 4.69) is 5.32 Å². The van der Waals surface area contributed by atoms with Gasteiger partial charge in [-0.25, -0.2) is 8.42 Å². The van der Waals surface area contributed by atoms with Gasteiger partial charge in [0.25, 0.3) is 15.9 Å². The molecule has 0 fully saturated rings. The number of para-hydroxylation sites is 1. The average molecular weight is 424 g/mol. The maximum absolute atomic E-state index is 13.2. The highest BCUT2D eigenvalue weighted by Crippen LogP contribution is 2.32. The van der Waals surface area contributed by atoms with Crippen LogP contribution in [0.1, 0.15) is 27.9 Å². The van der Waals surface area contributed by atoms with Crippen molar-refractivity contribution in [1.82, 2.24) is 0 Å². The summed E-state index contributed by atoms with van der Waals surface area (Å²) < 4.78 is 27.8. The Morgan fingerprint density at radius 1 is 1.10 bits per heavy atom. The van der Waals surface area contributed by atoms with Crippen molar-refractivity contribution in [3.05, 3.63) is 76.7 Å². The summed E-state index contributed by atoms with van der Waals surface area (Å²) in [5.41, 5.74) is 2.44. The molecule has 8 heteroatoms. The van der Waals surface area contributed by atoms with Crippen LogP contribution < -0.4 is 9.62 Å². The molecule has 0 aliphatic carbocycles. The van der Waals surface area contributed by atoms with Crippen LogP contribution in [0.3, 0.4) is 0 Å². The number of nitrogens with zero attached hydrogens (tertiary/aromatic N) is 2. The van der Waals surface area contributed by atoms with Crippen molar-refractivity contribution in [1.29, 1.82) is 5.26 Å². The minimum Gasteiger partial charge on any atom is -0.312 e. The Balaban J connectivity index is 1.58. The van der Waals surface area contributed by atoms with Gasteiger partial charge < -0.3 is 5.32 Å². The fourth-order valence-corrected chi connectivity index (χ4v) is 5.60. The number of nitrogens with one attached hydrogen (secondary N) is 1. The number of nitriles is 1. The quantitative estimate of drug-likeness (QED) is 0.686. The standard InChI is InChI=1S/C21H17N3O3S2/c22-14-17-11-13-28-21(17)23-20(25)16-7-9-18(10-8-16)29(26,27)24-12-3-5-15-4-1-2-6-19(15)24/h1-2,4,6-11,13H,3,5,12H2,(H,23,25). The van der Waals surface area contributed by atoms with Crippen LogP contribution in [0.25, 0.3) is 0 Å². The Hall–Kier alpha value is -3.15. The lowest BCUT2D eigenvalue weighted by Crippen LogP contribution is -2.35. The van der Waals surface area contributed by atoms with E-state index in [1.54, 1.807) is 11.4 Å². The number of thiophene rings is 1. The molecule has 2 aromatic carbocycles.